The standard InChI is InChI=1S/C8H13ClN2O/c1-7(12)8(10-9)11-5-3-2-4-6-11/h2-6H2,1H3. The summed E-state index contributed by atoms with van der Waals surface area (Å²) in [5.74, 6) is 0.364. The van der Waals surface area contributed by atoms with Crippen molar-refractivity contribution in [3.63, 3.8) is 0 Å². The van der Waals surface area contributed by atoms with Gasteiger partial charge in [-0.25, -0.2) is 0 Å². The Bertz CT molecular complexity index is 197. The fourth-order valence-corrected chi connectivity index (χ4v) is 1.67. The molecule has 0 aliphatic carbocycles. The van der Waals surface area contributed by atoms with Gasteiger partial charge in [0.25, 0.3) is 0 Å². The quantitative estimate of drug-likeness (QED) is 0.463. The lowest BCUT2D eigenvalue weighted by atomic mass is 10.1. The Kier molecular flexibility index (Phi) is 3.53. The Balaban J connectivity index is 2.59. The molecular weight excluding hydrogens is 176 g/mol. The Hall–Kier alpha value is -0.570. The Morgan fingerprint density at radius 1 is 1.33 bits per heavy atom. The van der Waals surface area contributed by atoms with Crippen molar-refractivity contribution < 1.29 is 4.79 Å². The number of carbonyl (C=O) groups excluding carboxylic acids is 1. The van der Waals surface area contributed by atoms with Crippen LogP contribution < -0.4 is 0 Å². The molecule has 0 radical (unpaired) electrons. The third kappa shape index (κ3) is 2.21. The van der Waals surface area contributed by atoms with E-state index in [-0.39, 0.29) is 5.78 Å². The van der Waals surface area contributed by atoms with Crippen LogP contribution in [-0.4, -0.2) is 29.6 Å². The second-order valence-corrected chi connectivity index (χ2v) is 3.18. The summed E-state index contributed by atoms with van der Waals surface area (Å²) in [6.45, 7) is 3.31. The number of amidine groups is 1. The van der Waals surface area contributed by atoms with E-state index in [0.717, 1.165) is 25.9 Å². The predicted octanol–water partition coefficient (Wildman–Crippen LogP) is 1.61. The fraction of sp³-hybridized carbons (Fsp3) is 0.750. The minimum atomic E-state index is -0.0492. The summed E-state index contributed by atoms with van der Waals surface area (Å²) >= 11 is 5.32. The van der Waals surface area contributed by atoms with E-state index < -0.39 is 0 Å². The molecule has 0 bridgehead atoms. The van der Waals surface area contributed by atoms with Crippen molar-refractivity contribution in [3.8, 4) is 0 Å². The second kappa shape index (κ2) is 4.45. The molecule has 0 amide bonds. The molecule has 4 heteroatoms. The first-order valence-electron chi connectivity index (χ1n) is 4.20. The van der Waals surface area contributed by atoms with Gasteiger partial charge in [-0.05, 0) is 19.3 Å². The smallest absolute Gasteiger partial charge is 0.195 e. The van der Waals surface area contributed by atoms with Crippen LogP contribution in [-0.2, 0) is 4.79 Å². The molecule has 0 atom stereocenters. The SMILES string of the molecule is CC(=O)C(=NCl)N1CCCCC1. The number of likely N-dealkylation sites (tertiary alicyclic amines) is 1. The number of halogens is 1. The van der Waals surface area contributed by atoms with Gasteiger partial charge in [-0.15, -0.1) is 0 Å². The van der Waals surface area contributed by atoms with Crippen LogP contribution in [0.1, 0.15) is 26.2 Å². The molecule has 1 saturated heterocycles. The lowest BCUT2D eigenvalue weighted by Gasteiger charge is -2.27. The van der Waals surface area contributed by atoms with E-state index in [1.807, 2.05) is 4.90 Å². The molecule has 3 nitrogen and oxygen atoms in total. The second-order valence-electron chi connectivity index (χ2n) is 3.01. The molecular formula is C8H13ClN2O. The minimum Gasteiger partial charge on any atom is -0.353 e. The molecule has 0 aromatic carbocycles. The van der Waals surface area contributed by atoms with Gasteiger partial charge in [0.15, 0.2) is 11.6 Å². The van der Waals surface area contributed by atoms with Crippen molar-refractivity contribution in [2.75, 3.05) is 13.1 Å². The average molecular weight is 189 g/mol. The molecule has 0 unspecified atom stereocenters. The normalized spacial score (nSPS) is 19.5. The zero-order valence-corrected chi connectivity index (χ0v) is 7.97. The average Bonchev–Trinajstić information content (AvgIpc) is 2.07. The monoisotopic (exact) mass is 188 g/mol. The van der Waals surface area contributed by atoms with Crippen molar-refractivity contribution in [2.24, 2.45) is 4.51 Å². The third-order valence-electron chi connectivity index (χ3n) is 2.05. The molecule has 1 aliphatic rings. The van der Waals surface area contributed by atoms with Gasteiger partial charge in [-0.1, -0.05) is 0 Å². The third-order valence-corrected chi connectivity index (χ3v) is 2.21. The number of ketones is 1. The van der Waals surface area contributed by atoms with E-state index in [1.54, 1.807) is 0 Å². The van der Waals surface area contributed by atoms with Crippen molar-refractivity contribution in [2.45, 2.75) is 26.2 Å². The fourth-order valence-electron chi connectivity index (χ4n) is 1.44. The van der Waals surface area contributed by atoms with E-state index in [4.69, 9.17) is 11.8 Å². The van der Waals surface area contributed by atoms with Gasteiger partial charge in [0, 0.05) is 31.8 Å². The van der Waals surface area contributed by atoms with Gasteiger partial charge in [-0.2, -0.15) is 4.51 Å². The van der Waals surface area contributed by atoms with Gasteiger partial charge >= 0.3 is 0 Å². The number of rotatable bonds is 1. The summed E-state index contributed by atoms with van der Waals surface area (Å²) in [7, 11) is 0. The number of hydrogen-bond donors (Lipinski definition) is 0. The van der Waals surface area contributed by atoms with Crippen LogP contribution in [0.3, 0.4) is 0 Å². The van der Waals surface area contributed by atoms with Crippen LogP contribution in [0.2, 0.25) is 0 Å². The maximum absolute atomic E-state index is 11.0. The summed E-state index contributed by atoms with van der Waals surface area (Å²) in [6.07, 6.45) is 3.50. The maximum atomic E-state index is 11.0. The molecule has 68 valence electrons. The van der Waals surface area contributed by atoms with E-state index in [2.05, 4.69) is 4.51 Å². The molecule has 1 rings (SSSR count). The number of piperidine rings is 1. The first kappa shape index (κ1) is 9.52. The zero-order chi connectivity index (χ0) is 8.97. The Morgan fingerprint density at radius 2 is 1.92 bits per heavy atom. The first-order valence-corrected chi connectivity index (χ1v) is 4.54. The number of nitrogens with zero attached hydrogens (tertiary/aromatic N) is 2. The topological polar surface area (TPSA) is 32.7 Å². The van der Waals surface area contributed by atoms with Gasteiger partial charge in [0.2, 0.25) is 0 Å². The van der Waals surface area contributed by atoms with Crippen LogP contribution >= 0.6 is 11.8 Å². The number of Topliss-reactive ketones (excluding diaryl/α,β-unsaturated/α-hetero) is 1. The molecule has 0 saturated carbocycles. The van der Waals surface area contributed by atoms with Crippen LogP contribution in [0, 0.1) is 0 Å². The summed E-state index contributed by atoms with van der Waals surface area (Å²) in [5.41, 5.74) is 0. The lowest BCUT2D eigenvalue weighted by Crippen LogP contribution is -2.39. The summed E-state index contributed by atoms with van der Waals surface area (Å²) in [6, 6.07) is 0. The van der Waals surface area contributed by atoms with Crippen LogP contribution in [0.5, 0.6) is 0 Å². The van der Waals surface area contributed by atoms with Gasteiger partial charge < -0.3 is 4.90 Å². The maximum Gasteiger partial charge on any atom is 0.195 e. The Labute approximate surface area is 77.5 Å². The van der Waals surface area contributed by atoms with Gasteiger partial charge in [-0.3, -0.25) is 4.79 Å². The Morgan fingerprint density at radius 3 is 2.33 bits per heavy atom. The molecule has 12 heavy (non-hydrogen) atoms. The van der Waals surface area contributed by atoms with Gasteiger partial charge in [0.1, 0.15) is 0 Å². The predicted molar refractivity (Wildman–Crippen MR) is 49.4 cm³/mol. The minimum absolute atomic E-state index is 0.0492. The number of carbonyl (C=O) groups is 1. The van der Waals surface area contributed by atoms with Crippen molar-refractivity contribution >= 4 is 23.4 Å². The van der Waals surface area contributed by atoms with Crippen LogP contribution in [0.25, 0.3) is 0 Å². The summed E-state index contributed by atoms with van der Waals surface area (Å²) in [4.78, 5) is 13.0. The summed E-state index contributed by atoms with van der Waals surface area (Å²) in [5, 5.41) is 0. The molecule has 1 fully saturated rings. The molecule has 0 N–H and O–H groups in total. The zero-order valence-electron chi connectivity index (χ0n) is 7.22. The highest BCUT2D eigenvalue weighted by atomic mass is 35.5. The first-order chi connectivity index (χ1) is 5.75. The molecule has 0 spiro atoms. The highest BCUT2D eigenvalue weighted by Crippen LogP contribution is 2.10. The van der Waals surface area contributed by atoms with E-state index in [0.29, 0.717) is 5.84 Å². The van der Waals surface area contributed by atoms with Gasteiger partial charge in [0.05, 0.1) is 0 Å². The van der Waals surface area contributed by atoms with Crippen molar-refractivity contribution in [1.29, 1.82) is 0 Å². The van der Waals surface area contributed by atoms with E-state index >= 15 is 0 Å². The van der Waals surface area contributed by atoms with E-state index in [1.165, 1.54) is 13.3 Å². The summed E-state index contributed by atoms with van der Waals surface area (Å²) < 4.78 is 3.48. The molecule has 0 aromatic heterocycles. The lowest BCUT2D eigenvalue weighted by molar-refractivity contribution is -0.111. The number of hydrogen-bond acceptors (Lipinski definition) is 2. The molecule has 1 aliphatic heterocycles. The van der Waals surface area contributed by atoms with Crippen molar-refractivity contribution in [3.05, 3.63) is 0 Å². The molecule has 1 heterocycles. The van der Waals surface area contributed by atoms with Crippen LogP contribution in [0.15, 0.2) is 4.51 Å². The van der Waals surface area contributed by atoms with Crippen LogP contribution in [0.4, 0.5) is 0 Å². The highest BCUT2D eigenvalue weighted by molar-refractivity contribution is 6.42. The molecule has 0 aromatic rings. The largest absolute Gasteiger partial charge is 0.353 e. The highest BCUT2D eigenvalue weighted by Gasteiger charge is 2.17. The van der Waals surface area contributed by atoms with Crippen molar-refractivity contribution in [1.82, 2.24) is 4.90 Å². The van der Waals surface area contributed by atoms with E-state index in [9.17, 15) is 4.79 Å².